The standard InChI is InChI=1S/C37H29F4N3O4/c38-27-18-26(35(41)31(40)19-27)16-23-17-29(36(47)44(21-23)22-25-7-2-4-10-30(25)39)33(45)20-34(46)37(48)43-14-12-42(13-15-43)32-11-5-8-24-6-1-3-9-28(24)32/h1-11,17-19,21H,12-16,20,22H2. The summed E-state index contributed by atoms with van der Waals surface area (Å²) >= 11 is 0. The number of amides is 1. The molecule has 0 bridgehead atoms. The third-order valence-electron chi connectivity index (χ3n) is 8.44. The van der Waals surface area contributed by atoms with Gasteiger partial charge >= 0.3 is 0 Å². The average Bonchev–Trinajstić information content (AvgIpc) is 3.08. The first kappa shape index (κ1) is 32.4. The number of hydrogen-bond donors (Lipinski definition) is 0. The van der Waals surface area contributed by atoms with Crippen molar-refractivity contribution in [2.24, 2.45) is 0 Å². The van der Waals surface area contributed by atoms with Crippen LogP contribution in [0.3, 0.4) is 0 Å². The molecule has 1 amide bonds. The van der Waals surface area contributed by atoms with Crippen LogP contribution in [0.15, 0.2) is 95.9 Å². The summed E-state index contributed by atoms with van der Waals surface area (Å²) in [6.07, 6.45) is -0.105. The van der Waals surface area contributed by atoms with Gasteiger partial charge in [0.15, 0.2) is 17.4 Å². The number of benzene rings is 4. The van der Waals surface area contributed by atoms with Crippen LogP contribution in [-0.2, 0) is 22.6 Å². The highest BCUT2D eigenvalue weighted by Crippen LogP contribution is 2.27. The third kappa shape index (κ3) is 6.76. The van der Waals surface area contributed by atoms with Crippen LogP contribution in [0.25, 0.3) is 10.8 Å². The molecule has 0 N–H and O–H groups in total. The van der Waals surface area contributed by atoms with Crippen LogP contribution in [0.1, 0.15) is 33.5 Å². The van der Waals surface area contributed by atoms with Crippen molar-refractivity contribution in [1.82, 2.24) is 9.47 Å². The molecule has 4 aromatic carbocycles. The first-order valence-electron chi connectivity index (χ1n) is 15.3. The van der Waals surface area contributed by atoms with Gasteiger partial charge in [-0.15, -0.1) is 0 Å². The Hall–Kier alpha value is -5.58. The SMILES string of the molecule is O=C(CC(=O)c1cc(Cc2cc(F)cc(F)c2F)cn(Cc2ccccc2F)c1=O)C(=O)N1CCN(c2cccc3ccccc23)CC1. The average molecular weight is 656 g/mol. The van der Waals surface area contributed by atoms with Crippen LogP contribution in [0.4, 0.5) is 23.2 Å². The number of halogens is 4. The summed E-state index contributed by atoms with van der Waals surface area (Å²) < 4.78 is 57.8. The zero-order chi connectivity index (χ0) is 33.9. The number of anilines is 1. The number of pyridine rings is 1. The molecular formula is C37H29F4N3O4. The fourth-order valence-electron chi connectivity index (χ4n) is 6.01. The lowest BCUT2D eigenvalue weighted by Crippen LogP contribution is -2.51. The second-order valence-electron chi connectivity index (χ2n) is 11.6. The van der Waals surface area contributed by atoms with Gasteiger partial charge in [0, 0.05) is 61.5 Å². The van der Waals surface area contributed by atoms with Crippen molar-refractivity contribution in [3.05, 3.63) is 147 Å². The van der Waals surface area contributed by atoms with Crippen molar-refractivity contribution in [1.29, 1.82) is 0 Å². The lowest BCUT2D eigenvalue weighted by atomic mass is 10.0. The van der Waals surface area contributed by atoms with E-state index >= 15 is 0 Å². The van der Waals surface area contributed by atoms with Crippen LogP contribution in [0, 0.1) is 23.3 Å². The van der Waals surface area contributed by atoms with Crippen molar-refractivity contribution in [2.75, 3.05) is 31.1 Å². The van der Waals surface area contributed by atoms with E-state index in [-0.39, 0.29) is 36.3 Å². The second kappa shape index (κ2) is 13.6. The molecule has 0 aliphatic carbocycles. The Morgan fingerprint density at radius 3 is 2.21 bits per heavy atom. The minimum Gasteiger partial charge on any atom is -0.367 e. The number of nitrogens with zero attached hydrogens (tertiary/aromatic N) is 3. The Labute approximate surface area is 272 Å². The van der Waals surface area contributed by atoms with Gasteiger partial charge in [-0.05, 0) is 40.8 Å². The maximum atomic E-state index is 14.5. The van der Waals surface area contributed by atoms with Gasteiger partial charge in [0.25, 0.3) is 11.5 Å². The molecule has 0 radical (unpaired) electrons. The topological polar surface area (TPSA) is 79.7 Å². The zero-order valence-corrected chi connectivity index (χ0v) is 25.6. The fraction of sp³-hybridized carbons (Fsp3) is 0.189. The lowest BCUT2D eigenvalue weighted by Gasteiger charge is -2.36. The minimum atomic E-state index is -1.41. The van der Waals surface area contributed by atoms with Crippen LogP contribution >= 0.6 is 0 Å². The zero-order valence-electron chi connectivity index (χ0n) is 25.6. The Kier molecular flexibility index (Phi) is 9.20. The number of rotatable bonds is 9. The Morgan fingerprint density at radius 1 is 0.729 bits per heavy atom. The van der Waals surface area contributed by atoms with E-state index in [1.165, 1.54) is 29.3 Å². The van der Waals surface area contributed by atoms with Gasteiger partial charge < -0.3 is 14.4 Å². The van der Waals surface area contributed by atoms with E-state index in [2.05, 4.69) is 4.90 Å². The fourth-order valence-corrected chi connectivity index (χ4v) is 6.01. The summed E-state index contributed by atoms with van der Waals surface area (Å²) in [4.78, 5) is 56.5. The number of carbonyl (C=O) groups is 3. The normalized spacial score (nSPS) is 13.2. The molecule has 6 rings (SSSR count). The number of carbonyl (C=O) groups excluding carboxylic acids is 3. The van der Waals surface area contributed by atoms with Gasteiger partial charge in [-0.25, -0.2) is 17.6 Å². The Morgan fingerprint density at radius 2 is 1.44 bits per heavy atom. The van der Waals surface area contributed by atoms with E-state index in [9.17, 15) is 36.7 Å². The van der Waals surface area contributed by atoms with Gasteiger partial charge in [-0.3, -0.25) is 19.2 Å². The Balaban J connectivity index is 1.21. The van der Waals surface area contributed by atoms with Gasteiger partial charge in [-0.2, -0.15) is 0 Å². The van der Waals surface area contributed by atoms with Crippen molar-refractivity contribution >= 4 is 33.9 Å². The molecule has 0 unspecified atom stereocenters. The van der Waals surface area contributed by atoms with Gasteiger partial charge in [0.1, 0.15) is 11.6 Å². The quantitative estimate of drug-likeness (QED) is 0.0671. The summed E-state index contributed by atoms with van der Waals surface area (Å²) in [5.41, 5.74) is -0.538. The van der Waals surface area contributed by atoms with Crippen molar-refractivity contribution in [3.8, 4) is 0 Å². The molecule has 1 fully saturated rings. The van der Waals surface area contributed by atoms with Gasteiger partial charge in [-0.1, -0.05) is 54.6 Å². The number of ketones is 2. The second-order valence-corrected chi connectivity index (χ2v) is 11.6. The monoisotopic (exact) mass is 655 g/mol. The molecule has 5 aromatic rings. The first-order valence-corrected chi connectivity index (χ1v) is 15.3. The predicted molar refractivity (Wildman–Crippen MR) is 172 cm³/mol. The number of aromatic nitrogens is 1. The van der Waals surface area contributed by atoms with Crippen LogP contribution in [-0.4, -0.2) is 53.1 Å². The molecule has 7 nitrogen and oxygen atoms in total. The number of Topliss-reactive ketones (excluding diaryl/α,β-unsaturated/α-hetero) is 2. The van der Waals surface area contributed by atoms with Crippen molar-refractivity contribution < 1.29 is 31.9 Å². The van der Waals surface area contributed by atoms with E-state index in [1.807, 2.05) is 42.5 Å². The summed E-state index contributed by atoms with van der Waals surface area (Å²) in [5, 5.41) is 2.14. The molecule has 0 atom stereocenters. The summed E-state index contributed by atoms with van der Waals surface area (Å²) in [5.74, 6) is -7.21. The molecule has 11 heteroatoms. The summed E-state index contributed by atoms with van der Waals surface area (Å²) in [6.45, 7) is 1.07. The van der Waals surface area contributed by atoms with Crippen LogP contribution < -0.4 is 10.5 Å². The predicted octanol–water partition coefficient (Wildman–Crippen LogP) is 5.69. The van der Waals surface area contributed by atoms with E-state index < -0.39 is 64.7 Å². The molecule has 244 valence electrons. The number of piperazine rings is 1. The molecule has 0 spiro atoms. The molecule has 0 saturated carbocycles. The smallest absolute Gasteiger partial charge is 0.290 e. The van der Waals surface area contributed by atoms with Crippen LogP contribution in [0.5, 0.6) is 0 Å². The minimum absolute atomic E-state index is 0.0986. The summed E-state index contributed by atoms with van der Waals surface area (Å²) in [7, 11) is 0. The largest absolute Gasteiger partial charge is 0.367 e. The van der Waals surface area contributed by atoms with Gasteiger partial charge in [0.2, 0.25) is 5.78 Å². The van der Waals surface area contributed by atoms with E-state index in [4.69, 9.17) is 0 Å². The highest BCUT2D eigenvalue weighted by Gasteiger charge is 2.29. The highest BCUT2D eigenvalue weighted by atomic mass is 19.2. The summed E-state index contributed by atoms with van der Waals surface area (Å²) in [6, 6.07) is 21.8. The first-order chi connectivity index (χ1) is 23.1. The molecule has 1 aliphatic rings. The number of fused-ring (bicyclic) bond motifs is 1. The highest BCUT2D eigenvalue weighted by molar-refractivity contribution is 6.40. The van der Waals surface area contributed by atoms with Gasteiger partial charge in [0.05, 0.1) is 18.5 Å². The van der Waals surface area contributed by atoms with Crippen molar-refractivity contribution in [3.63, 3.8) is 0 Å². The lowest BCUT2D eigenvalue weighted by molar-refractivity contribution is -0.144. The molecule has 1 aromatic heterocycles. The molecule has 48 heavy (non-hydrogen) atoms. The van der Waals surface area contributed by atoms with E-state index in [1.54, 1.807) is 6.07 Å². The molecule has 1 saturated heterocycles. The van der Waals surface area contributed by atoms with Crippen LogP contribution in [0.2, 0.25) is 0 Å². The number of hydrogen-bond acceptors (Lipinski definition) is 5. The maximum Gasteiger partial charge on any atom is 0.290 e. The van der Waals surface area contributed by atoms with E-state index in [0.29, 0.717) is 19.2 Å². The molecule has 1 aliphatic heterocycles. The molecular weight excluding hydrogens is 626 g/mol. The third-order valence-corrected chi connectivity index (χ3v) is 8.44. The maximum absolute atomic E-state index is 14.5. The van der Waals surface area contributed by atoms with Crippen molar-refractivity contribution in [2.45, 2.75) is 19.4 Å². The Bertz CT molecular complexity index is 2120. The molecule has 2 heterocycles. The van der Waals surface area contributed by atoms with E-state index in [0.717, 1.165) is 33.2 Å².